The van der Waals surface area contributed by atoms with E-state index in [1.165, 1.54) is 5.56 Å². The molecule has 1 aliphatic rings. The van der Waals surface area contributed by atoms with Gasteiger partial charge in [-0.2, -0.15) is 0 Å². The highest BCUT2D eigenvalue weighted by molar-refractivity contribution is 6.35. The average molecular weight is 411 g/mol. The van der Waals surface area contributed by atoms with Crippen LogP contribution in [0.4, 0.5) is 0 Å². The highest BCUT2D eigenvalue weighted by Crippen LogP contribution is 2.36. The summed E-state index contributed by atoms with van der Waals surface area (Å²) in [5.41, 5.74) is 4.95. The fraction of sp³-hybridized carbons (Fsp3) is 0.174. The molecule has 0 saturated carbocycles. The number of aromatic hydroxyl groups is 1. The number of hydrogen-bond donors (Lipinski definition) is 2. The zero-order valence-corrected chi connectivity index (χ0v) is 16.9. The number of phenolic OH excluding ortho intramolecular Hbond substituents is 1. The lowest BCUT2D eigenvalue weighted by molar-refractivity contribution is 0.413. The van der Waals surface area contributed by atoms with Crippen LogP contribution in [0.15, 0.2) is 71.7 Å². The van der Waals surface area contributed by atoms with Gasteiger partial charge >= 0.3 is 0 Å². The topological polar surface area (TPSA) is 44.6 Å². The molecule has 142 valence electrons. The summed E-state index contributed by atoms with van der Waals surface area (Å²) in [6.45, 7) is 2.06. The van der Waals surface area contributed by atoms with Crippen molar-refractivity contribution in [1.29, 1.82) is 0 Å². The van der Waals surface area contributed by atoms with E-state index in [-0.39, 0.29) is 18.0 Å². The molecule has 3 nitrogen and oxygen atoms in total. The van der Waals surface area contributed by atoms with Crippen LogP contribution in [0.2, 0.25) is 10.0 Å². The van der Waals surface area contributed by atoms with Crippen LogP contribution in [-0.4, -0.2) is 10.8 Å². The van der Waals surface area contributed by atoms with Gasteiger partial charge in [0.25, 0.3) is 0 Å². The first-order valence-corrected chi connectivity index (χ1v) is 9.89. The molecule has 0 amide bonds. The van der Waals surface area contributed by atoms with Crippen LogP contribution in [0.3, 0.4) is 0 Å². The fourth-order valence-corrected chi connectivity index (χ4v) is 4.00. The standard InChI is InChI=1S/C23H20Cl2N2O/c1-14-6-8-15(9-7-14)20-13-21(18-4-2-3-5-22(18)28)27-23(26-20)17-11-10-16(24)12-19(17)25/h2-12,21,23,27-28H,13H2,1H3/t21-,23-/m0/s1. The largest absolute Gasteiger partial charge is 0.508 e. The van der Waals surface area contributed by atoms with Crippen molar-refractivity contribution in [3.8, 4) is 5.75 Å². The minimum atomic E-state index is -0.334. The Bertz CT molecular complexity index is 1030. The van der Waals surface area contributed by atoms with Crippen molar-refractivity contribution in [2.75, 3.05) is 0 Å². The number of para-hydroxylation sites is 1. The molecule has 0 unspecified atom stereocenters. The van der Waals surface area contributed by atoms with Gasteiger partial charge in [-0.05, 0) is 30.7 Å². The van der Waals surface area contributed by atoms with Crippen molar-refractivity contribution < 1.29 is 5.11 Å². The second-order valence-electron chi connectivity index (χ2n) is 6.99. The molecule has 0 saturated heterocycles. The van der Waals surface area contributed by atoms with Crippen LogP contribution in [-0.2, 0) is 0 Å². The van der Waals surface area contributed by atoms with Crippen LogP contribution in [0, 0.1) is 6.92 Å². The number of nitrogens with zero attached hydrogens (tertiary/aromatic N) is 1. The third-order valence-corrected chi connectivity index (χ3v) is 5.56. The lowest BCUT2D eigenvalue weighted by atomic mass is 9.93. The predicted octanol–water partition coefficient (Wildman–Crippen LogP) is 6.23. The molecule has 4 rings (SSSR count). The molecular weight excluding hydrogens is 391 g/mol. The number of hydrogen-bond acceptors (Lipinski definition) is 3. The minimum Gasteiger partial charge on any atom is -0.508 e. The summed E-state index contributed by atoms with van der Waals surface area (Å²) in [6, 6.07) is 21.1. The van der Waals surface area contributed by atoms with Gasteiger partial charge < -0.3 is 5.11 Å². The number of aliphatic imine (C=N–C) groups is 1. The van der Waals surface area contributed by atoms with Crippen LogP contribution >= 0.6 is 23.2 Å². The summed E-state index contributed by atoms with van der Waals surface area (Å²) in [4.78, 5) is 4.94. The van der Waals surface area contributed by atoms with Crippen molar-refractivity contribution in [1.82, 2.24) is 5.32 Å². The fourth-order valence-electron chi connectivity index (χ4n) is 3.49. The van der Waals surface area contributed by atoms with Gasteiger partial charge in [-0.15, -0.1) is 0 Å². The monoisotopic (exact) mass is 410 g/mol. The van der Waals surface area contributed by atoms with E-state index < -0.39 is 0 Å². The van der Waals surface area contributed by atoms with Crippen molar-refractivity contribution in [3.05, 3.63) is 99.0 Å². The second kappa shape index (κ2) is 7.96. The molecule has 0 aromatic heterocycles. The van der Waals surface area contributed by atoms with Gasteiger partial charge in [-0.1, -0.05) is 77.3 Å². The SMILES string of the molecule is Cc1ccc(C2=N[C@H](c3ccc(Cl)cc3Cl)N[C@H](c3ccccc3O)C2)cc1. The van der Waals surface area contributed by atoms with E-state index in [1.807, 2.05) is 30.3 Å². The molecule has 2 N–H and O–H groups in total. The summed E-state index contributed by atoms with van der Waals surface area (Å²) < 4.78 is 0. The molecule has 1 heterocycles. The zero-order valence-electron chi connectivity index (χ0n) is 15.4. The number of halogens is 2. The molecule has 0 radical (unpaired) electrons. The highest BCUT2D eigenvalue weighted by Gasteiger charge is 2.28. The predicted molar refractivity (Wildman–Crippen MR) is 116 cm³/mol. The van der Waals surface area contributed by atoms with Crippen LogP contribution in [0.5, 0.6) is 5.75 Å². The van der Waals surface area contributed by atoms with E-state index in [1.54, 1.807) is 12.1 Å². The van der Waals surface area contributed by atoms with E-state index in [0.29, 0.717) is 16.5 Å². The number of nitrogens with one attached hydrogen (secondary N) is 1. The van der Waals surface area contributed by atoms with Gasteiger partial charge in [0.2, 0.25) is 0 Å². The van der Waals surface area contributed by atoms with Crippen LogP contribution in [0.25, 0.3) is 0 Å². The Kier molecular flexibility index (Phi) is 5.40. The first kappa shape index (κ1) is 19.0. The lowest BCUT2D eigenvalue weighted by Gasteiger charge is -2.31. The molecule has 0 bridgehead atoms. The van der Waals surface area contributed by atoms with Crippen molar-refractivity contribution in [2.45, 2.75) is 25.6 Å². The molecule has 3 aromatic carbocycles. The number of phenols is 1. The smallest absolute Gasteiger partial charge is 0.127 e. The molecule has 0 aliphatic carbocycles. The van der Waals surface area contributed by atoms with Gasteiger partial charge in [0.15, 0.2) is 0 Å². The van der Waals surface area contributed by atoms with Gasteiger partial charge in [0, 0.05) is 39.3 Å². The third-order valence-electron chi connectivity index (χ3n) is 5.00. The second-order valence-corrected chi connectivity index (χ2v) is 7.84. The maximum absolute atomic E-state index is 10.4. The highest BCUT2D eigenvalue weighted by atomic mass is 35.5. The molecule has 5 heteroatoms. The van der Waals surface area contributed by atoms with E-state index >= 15 is 0 Å². The number of rotatable bonds is 3. The summed E-state index contributed by atoms with van der Waals surface area (Å²) in [6.07, 6.45) is 0.335. The van der Waals surface area contributed by atoms with E-state index in [2.05, 4.69) is 36.5 Å². The number of benzene rings is 3. The Labute approximate surface area is 174 Å². The Morgan fingerprint density at radius 1 is 0.964 bits per heavy atom. The zero-order chi connectivity index (χ0) is 19.7. The van der Waals surface area contributed by atoms with Crippen LogP contribution in [0.1, 0.15) is 40.9 Å². The summed E-state index contributed by atoms with van der Waals surface area (Å²) in [7, 11) is 0. The molecule has 3 aromatic rings. The Balaban J connectivity index is 1.78. The van der Waals surface area contributed by atoms with Crippen molar-refractivity contribution >= 4 is 28.9 Å². The van der Waals surface area contributed by atoms with Gasteiger partial charge in [0.05, 0.1) is 0 Å². The van der Waals surface area contributed by atoms with E-state index in [4.69, 9.17) is 28.2 Å². The molecule has 0 fully saturated rings. The first-order chi connectivity index (χ1) is 13.5. The molecule has 0 spiro atoms. The average Bonchev–Trinajstić information content (AvgIpc) is 2.68. The Morgan fingerprint density at radius 3 is 2.43 bits per heavy atom. The maximum atomic E-state index is 10.4. The lowest BCUT2D eigenvalue weighted by Crippen LogP contribution is -2.33. The quantitative estimate of drug-likeness (QED) is 0.537. The third kappa shape index (κ3) is 3.93. The summed E-state index contributed by atoms with van der Waals surface area (Å²) in [5, 5.41) is 15.1. The van der Waals surface area contributed by atoms with E-state index in [9.17, 15) is 5.11 Å². The van der Waals surface area contributed by atoms with Gasteiger partial charge in [0.1, 0.15) is 11.9 Å². The Morgan fingerprint density at radius 2 is 1.71 bits per heavy atom. The summed E-state index contributed by atoms with van der Waals surface area (Å²) in [5.74, 6) is 0.270. The summed E-state index contributed by atoms with van der Waals surface area (Å²) >= 11 is 12.5. The molecule has 1 aliphatic heterocycles. The molecular formula is C23H20Cl2N2O. The first-order valence-electron chi connectivity index (χ1n) is 9.14. The van der Waals surface area contributed by atoms with Crippen LogP contribution < -0.4 is 5.32 Å². The molecule has 28 heavy (non-hydrogen) atoms. The number of aryl methyl sites for hydroxylation is 1. The van der Waals surface area contributed by atoms with Gasteiger partial charge in [-0.25, -0.2) is 0 Å². The van der Waals surface area contributed by atoms with E-state index in [0.717, 1.165) is 22.4 Å². The maximum Gasteiger partial charge on any atom is 0.127 e. The van der Waals surface area contributed by atoms with Crippen molar-refractivity contribution in [2.24, 2.45) is 4.99 Å². The normalized spacial score (nSPS) is 19.3. The Hall–Kier alpha value is -2.33. The van der Waals surface area contributed by atoms with Gasteiger partial charge in [-0.3, -0.25) is 10.3 Å². The minimum absolute atomic E-state index is 0.0910. The molecule has 2 atom stereocenters. The van der Waals surface area contributed by atoms with Crippen molar-refractivity contribution in [3.63, 3.8) is 0 Å².